The predicted molar refractivity (Wildman–Crippen MR) is 103 cm³/mol. The van der Waals surface area contributed by atoms with Gasteiger partial charge in [0.25, 0.3) is 0 Å². The number of primary amides is 1. The van der Waals surface area contributed by atoms with E-state index in [-0.39, 0.29) is 5.91 Å². The fourth-order valence-corrected chi connectivity index (χ4v) is 3.45. The number of nitrogens with two attached hydrogens (primary N) is 1. The molecule has 0 aliphatic rings. The zero-order valence-electron chi connectivity index (χ0n) is 15.0. The number of carbonyl (C=O) groups excluding carboxylic acids is 1. The number of pyridine rings is 1. The lowest BCUT2D eigenvalue weighted by Gasteiger charge is -2.17. The molecular weight excluding hydrogens is 346 g/mol. The first-order chi connectivity index (χ1) is 12.5. The Morgan fingerprint density at radius 1 is 1.12 bits per heavy atom. The summed E-state index contributed by atoms with van der Waals surface area (Å²) in [4.78, 5) is 15.7. The van der Waals surface area contributed by atoms with Crippen LogP contribution < -0.4 is 5.73 Å². The van der Waals surface area contributed by atoms with Crippen LogP contribution in [0.1, 0.15) is 32.3 Å². The zero-order chi connectivity index (χ0) is 18.7. The quantitative estimate of drug-likeness (QED) is 0.675. The van der Waals surface area contributed by atoms with Gasteiger partial charge in [0.1, 0.15) is 0 Å². The highest BCUT2D eigenvalue weighted by atomic mass is 32.2. The molecule has 0 saturated heterocycles. The fourth-order valence-electron chi connectivity index (χ4n) is 2.64. The molecule has 3 aromatic rings. The van der Waals surface area contributed by atoms with Crippen LogP contribution in [0.3, 0.4) is 0 Å². The highest BCUT2D eigenvalue weighted by Crippen LogP contribution is 2.33. The molecule has 0 aliphatic carbocycles. The molecule has 134 valence electrons. The topological polar surface area (TPSA) is 86.7 Å². The average Bonchev–Trinajstić information content (AvgIpc) is 3.05. The molecule has 7 heteroatoms. The summed E-state index contributed by atoms with van der Waals surface area (Å²) >= 11 is 1.30. The number of nitrogens with zero attached hydrogens (tertiary/aromatic N) is 4. The second-order valence-corrected chi connectivity index (χ2v) is 7.57. The SMILES string of the molecule is CC(Sc1nnc(-c2cccnc2)n1-c1ccccc1C(C)C)C(N)=O. The van der Waals surface area contributed by atoms with Crippen molar-refractivity contribution in [3.63, 3.8) is 0 Å². The van der Waals surface area contributed by atoms with Gasteiger partial charge in [0.15, 0.2) is 11.0 Å². The molecule has 1 aromatic carbocycles. The second kappa shape index (κ2) is 7.70. The highest BCUT2D eigenvalue weighted by molar-refractivity contribution is 8.00. The van der Waals surface area contributed by atoms with Crippen LogP contribution in [0.25, 0.3) is 17.1 Å². The van der Waals surface area contributed by atoms with Crippen LogP contribution in [0.4, 0.5) is 0 Å². The van der Waals surface area contributed by atoms with E-state index in [1.807, 2.05) is 34.9 Å². The molecule has 0 fully saturated rings. The van der Waals surface area contributed by atoms with Crippen molar-refractivity contribution in [3.05, 3.63) is 54.4 Å². The molecule has 1 atom stereocenters. The summed E-state index contributed by atoms with van der Waals surface area (Å²) in [5.41, 5.74) is 8.46. The van der Waals surface area contributed by atoms with Gasteiger partial charge < -0.3 is 5.73 Å². The maximum Gasteiger partial charge on any atom is 0.230 e. The van der Waals surface area contributed by atoms with E-state index in [9.17, 15) is 4.79 Å². The van der Waals surface area contributed by atoms with Gasteiger partial charge in [-0.3, -0.25) is 14.3 Å². The first kappa shape index (κ1) is 18.1. The molecule has 1 unspecified atom stereocenters. The molecule has 3 rings (SSSR count). The molecule has 0 saturated carbocycles. The van der Waals surface area contributed by atoms with Crippen molar-refractivity contribution >= 4 is 17.7 Å². The summed E-state index contributed by atoms with van der Waals surface area (Å²) in [5.74, 6) is 0.622. The number of benzene rings is 1. The van der Waals surface area contributed by atoms with Gasteiger partial charge in [0, 0.05) is 18.0 Å². The van der Waals surface area contributed by atoms with Crippen LogP contribution in [-0.4, -0.2) is 30.9 Å². The summed E-state index contributed by atoms with van der Waals surface area (Å²) in [6.07, 6.45) is 3.47. The van der Waals surface area contributed by atoms with Crippen molar-refractivity contribution in [2.75, 3.05) is 0 Å². The summed E-state index contributed by atoms with van der Waals surface area (Å²) in [5, 5.41) is 8.92. The molecule has 0 bridgehead atoms. The Kier molecular flexibility index (Phi) is 5.37. The van der Waals surface area contributed by atoms with E-state index >= 15 is 0 Å². The van der Waals surface area contributed by atoms with E-state index in [4.69, 9.17) is 5.73 Å². The summed E-state index contributed by atoms with van der Waals surface area (Å²) in [6.45, 7) is 6.06. The Morgan fingerprint density at radius 2 is 1.88 bits per heavy atom. The standard InChI is InChI=1S/C19H21N5OS/c1-12(2)15-8-4-5-9-16(15)24-18(14-7-6-10-21-11-14)22-23-19(24)26-13(3)17(20)25/h4-13H,1-3H3,(H2,20,25). The van der Waals surface area contributed by atoms with Crippen molar-refractivity contribution in [3.8, 4) is 17.1 Å². The van der Waals surface area contributed by atoms with Crippen LogP contribution in [-0.2, 0) is 4.79 Å². The normalized spacial score (nSPS) is 12.3. The van der Waals surface area contributed by atoms with Crippen molar-refractivity contribution < 1.29 is 4.79 Å². The number of hydrogen-bond acceptors (Lipinski definition) is 5. The molecule has 1 amide bonds. The van der Waals surface area contributed by atoms with Crippen LogP contribution in [0, 0.1) is 0 Å². The van der Waals surface area contributed by atoms with Gasteiger partial charge >= 0.3 is 0 Å². The van der Waals surface area contributed by atoms with E-state index in [0.717, 1.165) is 11.3 Å². The minimum Gasteiger partial charge on any atom is -0.369 e. The van der Waals surface area contributed by atoms with E-state index in [2.05, 4.69) is 35.1 Å². The second-order valence-electron chi connectivity index (χ2n) is 6.26. The predicted octanol–water partition coefficient (Wildman–Crippen LogP) is 3.42. The number of hydrogen-bond donors (Lipinski definition) is 1. The van der Waals surface area contributed by atoms with E-state index in [1.165, 1.54) is 17.3 Å². The van der Waals surface area contributed by atoms with E-state index in [1.54, 1.807) is 19.3 Å². The van der Waals surface area contributed by atoms with Crippen LogP contribution in [0.15, 0.2) is 53.9 Å². The molecule has 0 spiro atoms. The lowest BCUT2D eigenvalue weighted by Crippen LogP contribution is -2.23. The Labute approximate surface area is 156 Å². The molecule has 0 radical (unpaired) electrons. The fraction of sp³-hybridized carbons (Fsp3) is 0.263. The average molecular weight is 367 g/mol. The van der Waals surface area contributed by atoms with Crippen molar-refractivity contribution in [1.29, 1.82) is 0 Å². The maximum absolute atomic E-state index is 11.5. The number of thioether (sulfide) groups is 1. The molecular formula is C19H21N5OS. The maximum atomic E-state index is 11.5. The third-order valence-corrected chi connectivity index (χ3v) is 5.10. The molecule has 2 heterocycles. The molecule has 0 aliphatic heterocycles. The molecule has 6 nitrogen and oxygen atoms in total. The van der Waals surface area contributed by atoms with Crippen LogP contribution >= 0.6 is 11.8 Å². The van der Waals surface area contributed by atoms with Crippen molar-refractivity contribution in [2.45, 2.75) is 37.1 Å². The van der Waals surface area contributed by atoms with Gasteiger partial charge in [-0.2, -0.15) is 0 Å². The van der Waals surface area contributed by atoms with E-state index < -0.39 is 5.25 Å². The third-order valence-electron chi connectivity index (χ3n) is 4.04. The van der Waals surface area contributed by atoms with Gasteiger partial charge in [-0.25, -0.2) is 0 Å². The van der Waals surface area contributed by atoms with Crippen LogP contribution in [0.5, 0.6) is 0 Å². The Bertz CT molecular complexity index is 907. The molecule has 2 N–H and O–H groups in total. The summed E-state index contributed by atoms with van der Waals surface area (Å²) < 4.78 is 1.98. The van der Waals surface area contributed by atoms with Gasteiger partial charge in [-0.1, -0.05) is 43.8 Å². The highest BCUT2D eigenvalue weighted by Gasteiger charge is 2.22. The Hall–Kier alpha value is -2.67. The largest absolute Gasteiger partial charge is 0.369 e. The molecule has 2 aromatic heterocycles. The number of carbonyl (C=O) groups is 1. The first-order valence-corrected chi connectivity index (χ1v) is 9.28. The lowest BCUT2D eigenvalue weighted by molar-refractivity contribution is -0.117. The lowest BCUT2D eigenvalue weighted by atomic mass is 10.0. The van der Waals surface area contributed by atoms with Gasteiger partial charge in [-0.05, 0) is 36.6 Å². The van der Waals surface area contributed by atoms with Gasteiger partial charge in [0.05, 0.1) is 10.9 Å². The minimum absolute atomic E-state index is 0.321. The summed E-state index contributed by atoms with van der Waals surface area (Å²) in [7, 11) is 0. The number of rotatable bonds is 6. The summed E-state index contributed by atoms with van der Waals surface area (Å²) in [6, 6.07) is 11.9. The van der Waals surface area contributed by atoms with Crippen molar-refractivity contribution in [1.82, 2.24) is 19.7 Å². The van der Waals surface area contributed by atoms with Gasteiger partial charge in [0.2, 0.25) is 5.91 Å². The van der Waals surface area contributed by atoms with Gasteiger partial charge in [-0.15, -0.1) is 10.2 Å². The smallest absolute Gasteiger partial charge is 0.230 e. The van der Waals surface area contributed by atoms with Crippen molar-refractivity contribution in [2.24, 2.45) is 5.73 Å². The molecule has 26 heavy (non-hydrogen) atoms. The zero-order valence-corrected chi connectivity index (χ0v) is 15.8. The first-order valence-electron chi connectivity index (χ1n) is 8.40. The third kappa shape index (κ3) is 3.62. The monoisotopic (exact) mass is 367 g/mol. The minimum atomic E-state index is -0.411. The van der Waals surface area contributed by atoms with E-state index in [0.29, 0.717) is 16.9 Å². The Morgan fingerprint density at radius 3 is 2.54 bits per heavy atom. The number of aromatic nitrogens is 4. The Balaban J connectivity index is 2.20. The van der Waals surface area contributed by atoms with Crippen LogP contribution in [0.2, 0.25) is 0 Å². The number of amides is 1. The number of para-hydroxylation sites is 1.